The van der Waals surface area contributed by atoms with Gasteiger partial charge in [-0.2, -0.15) is 4.37 Å². The number of nitrogens with zero attached hydrogens (tertiary/aromatic N) is 1. The number of nitrogens with one attached hydrogen (secondary N) is 1. The number of fused-ring (bicyclic) bond motifs is 1. The lowest BCUT2D eigenvalue weighted by Crippen LogP contribution is -2.16. The number of hydrogen-bond acceptors (Lipinski definition) is 4. The van der Waals surface area contributed by atoms with Gasteiger partial charge in [0.15, 0.2) is 0 Å². The fourth-order valence-corrected chi connectivity index (χ4v) is 3.48. The number of ether oxygens (including phenoxy) is 1. The predicted octanol–water partition coefficient (Wildman–Crippen LogP) is 5.10. The lowest BCUT2D eigenvalue weighted by molar-refractivity contribution is 0.309. The Morgan fingerprint density at radius 3 is 2.78 bits per heavy atom. The van der Waals surface area contributed by atoms with Crippen LogP contribution in [-0.2, 0) is 0 Å². The van der Waals surface area contributed by atoms with E-state index >= 15 is 0 Å². The second-order valence-electron chi connectivity index (χ2n) is 5.25. The smallest absolute Gasteiger partial charge is 0.120 e. The van der Waals surface area contributed by atoms with Crippen molar-refractivity contribution in [2.75, 3.05) is 19.7 Å². The summed E-state index contributed by atoms with van der Waals surface area (Å²) in [5.74, 6) is 0.917. The summed E-state index contributed by atoms with van der Waals surface area (Å²) in [5.41, 5.74) is 2.18. The van der Waals surface area contributed by atoms with Crippen molar-refractivity contribution in [2.45, 2.75) is 13.3 Å². The van der Waals surface area contributed by atoms with E-state index in [-0.39, 0.29) is 0 Å². The normalized spacial score (nSPS) is 11.0. The van der Waals surface area contributed by atoms with Gasteiger partial charge in [-0.1, -0.05) is 35.0 Å². The van der Waals surface area contributed by atoms with Crippen molar-refractivity contribution in [1.29, 1.82) is 0 Å². The summed E-state index contributed by atoms with van der Waals surface area (Å²) in [7, 11) is 0. The number of rotatable bonds is 7. The second kappa shape index (κ2) is 7.90. The molecule has 0 radical (unpaired) electrons. The summed E-state index contributed by atoms with van der Waals surface area (Å²) >= 11 is 4.99. The van der Waals surface area contributed by atoms with Crippen molar-refractivity contribution in [2.24, 2.45) is 0 Å². The van der Waals surface area contributed by atoms with Crippen LogP contribution in [0, 0.1) is 0 Å². The van der Waals surface area contributed by atoms with Crippen LogP contribution in [0.2, 0.25) is 0 Å². The van der Waals surface area contributed by atoms with Crippen LogP contribution in [0.3, 0.4) is 0 Å². The van der Waals surface area contributed by atoms with E-state index < -0.39 is 0 Å². The third kappa shape index (κ3) is 4.10. The maximum atomic E-state index is 5.82. The molecule has 3 aromatic rings. The van der Waals surface area contributed by atoms with Gasteiger partial charge in [-0.15, -0.1) is 0 Å². The SMILES string of the molecule is CCNCCCOc1ccc2c(-c3ccc(Br)cc3)nsc2c1. The molecule has 1 heterocycles. The Bertz CT molecular complexity index is 770. The van der Waals surface area contributed by atoms with Crippen LogP contribution in [0.25, 0.3) is 21.3 Å². The van der Waals surface area contributed by atoms with Gasteiger partial charge in [0.05, 0.1) is 17.0 Å². The molecule has 23 heavy (non-hydrogen) atoms. The van der Waals surface area contributed by atoms with Gasteiger partial charge in [0.1, 0.15) is 5.75 Å². The first-order chi connectivity index (χ1) is 11.3. The third-order valence-electron chi connectivity index (χ3n) is 3.58. The van der Waals surface area contributed by atoms with Gasteiger partial charge < -0.3 is 10.1 Å². The van der Waals surface area contributed by atoms with Crippen LogP contribution in [0.15, 0.2) is 46.9 Å². The largest absolute Gasteiger partial charge is 0.493 e. The molecule has 1 N–H and O–H groups in total. The van der Waals surface area contributed by atoms with Crippen LogP contribution >= 0.6 is 27.5 Å². The third-order valence-corrected chi connectivity index (χ3v) is 4.91. The number of benzene rings is 2. The summed E-state index contributed by atoms with van der Waals surface area (Å²) in [4.78, 5) is 0. The lowest BCUT2D eigenvalue weighted by Gasteiger charge is -2.06. The molecule has 5 heteroatoms. The van der Waals surface area contributed by atoms with Gasteiger partial charge in [0.2, 0.25) is 0 Å². The Balaban J connectivity index is 1.73. The molecule has 0 amide bonds. The lowest BCUT2D eigenvalue weighted by atomic mass is 10.1. The van der Waals surface area contributed by atoms with E-state index in [2.05, 4.69) is 56.8 Å². The molecule has 3 rings (SSSR count). The van der Waals surface area contributed by atoms with Crippen molar-refractivity contribution < 1.29 is 4.74 Å². The van der Waals surface area contributed by atoms with E-state index in [1.54, 1.807) is 0 Å². The van der Waals surface area contributed by atoms with Gasteiger partial charge in [0.25, 0.3) is 0 Å². The molecule has 3 nitrogen and oxygen atoms in total. The quantitative estimate of drug-likeness (QED) is 0.569. The van der Waals surface area contributed by atoms with Gasteiger partial charge in [-0.05, 0) is 61.4 Å². The molecule has 2 aromatic carbocycles. The van der Waals surface area contributed by atoms with Crippen molar-refractivity contribution in [1.82, 2.24) is 9.69 Å². The Labute approximate surface area is 149 Å². The first-order valence-corrected chi connectivity index (χ1v) is 9.33. The Kier molecular flexibility index (Phi) is 5.65. The highest BCUT2D eigenvalue weighted by Crippen LogP contribution is 2.33. The maximum Gasteiger partial charge on any atom is 0.120 e. The zero-order valence-corrected chi connectivity index (χ0v) is 15.4. The summed E-state index contributed by atoms with van der Waals surface area (Å²) < 4.78 is 12.7. The molecule has 1 aromatic heterocycles. The fourth-order valence-electron chi connectivity index (χ4n) is 2.39. The van der Waals surface area contributed by atoms with Crippen LogP contribution < -0.4 is 10.1 Å². The van der Waals surface area contributed by atoms with E-state index in [1.807, 2.05) is 18.2 Å². The van der Waals surface area contributed by atoms with Gasteiger partial charge in [-0.3, -0.25) is 0 Å². The molecule has 0 bridgehead atoms. The first kappa shape index (κ1) is 16.4. The molecule has 0 unspecified atom stereocenters. The van der Waals surface area contributed by atoms with Crippen LogP contribution in [0.4, 0.5) is 0 Å². The standard InChI is InChI=1S/C18H19BrN2OS/c1-2-20-10-3-11-22-15-8-9-16-17(12-15)23-21-18(16)13-4-6-14(19)7-5-13/h4-9,12,20H,2-3,10-11H2,1H3. The number of aromatic nitrogens is 1. The molecule has 0 aliphatic rings. The number of halogens is 1. The van der Waals surface area contributed by atoms with Gasteiger partial charge >= 0.3 is 0 Å². The first-order valence-electron chi connectivity index (χ1n) is 7.77. The molecule has 0 saturated carbocycles. The molecule has 0 saturated heterocycles. The monoisotopic (exact) mass is 390 g/mol. The predicted molar refractivity (Wildman–Crippen MR) is 101 cm³/mol. The molecule has 0 atom stereocenters. The van der Waals surface area contributed by atoms with E-state index in [1.165, 1.54) is 16.9 Å². The molecule has 0 spiro atoms. The molecule has 0 aliphatic heterocycles. The van der Waals surface area contributed by atoms with Crippen LogP contribution in [0.5, 0.6) is 5.75 Å². The summed E-state index contributed by atoms with van der Waals surface area (Å²) in [6.45, 7) is 4.84. The Morgan fingerprint density at radius 1 is 1.17 bits per heavy atom. The average molecular weight is 391 g/mol. The average Bonchev–Trinajstić information content (AvgIpc) is 2.98. The minimum absolute atomic E-state index is 0.733. The molecule has 0 aliphatic carbocycles. The van der Waals surface area contributed by atoms with Crippen molar-refractivity contribution in [3.05, 3.63) is 46.9 Å². The highest BCUT2D eigenvalue weighted by Gasteiger charge is 2.09. The summed E-state index contributed by atoms with van der Waals surface area (Å²) in [6.07, 6.45) is 1.01. The van der Waals surface area contributed by atoms with Gasteiger partial charge in [0, 0.05) is 15.4 Å². The topological polar surface area (TPSA) is 34.1 Å². The van der Waals surface area contributed by atoms with Crippen molar-refractivity contribution >= 4 is 37.5 Å². The highest BCUT2D eigenvalue weighted by atomic mass is 79.9. The summed E-state index contributed by atoms with van der Waals surface area (Å²) in [6, 6.07) is 14.5. The van der Waals surface area contributed by atoms with Crippen molar-refractivity contribution in [3.63, 3.8) is 0 Å². The van der Waals surface area contributed by atoms with E-state index in [0.717, 1.165) is 52.3 Å². The molecular weight excluding hydrogens is 372 g/mol. The maximum absolute atomic E-state index is 5.82. The summed E-state index contributed by atoms with van der Waals surface area (Å²) in [5, 5.41) is 4.48. The number of hydrogen-bond donors (Lipinski definition) is 1. The molecule has 120 valence electrons. The zero-order valence-electron chi connectivity index (χ0n) is 13.0. The van der Waals surface area contributed by atoms with Gasteiger partial charge in [-0.25, -0.2) is 0 Å². The van der Waals surface area contributed by atoms with Crippen LogP contribution in [-0.4, -0.2) is 24.1 Å². The molecule has 0 fully saturated rings. The Morgan fingerprint density at radius 2 is 2.00 bits per heavy atom. The minimum Gasteiger partial charge on any atom is -0.493 e. The van der Waals surface area contributed by atoms with E-state index in [9.17, 15) is 0 Å². The van der Waals surface area contributed by atoms with E-state index in [4.69, 9.17) is 4.74 Å². The second-order valence-corrected chi connectivity index (χ2v) is 6.97. The van der Waals surface area contributed by atoms with Crippen molar-refractivity contribution in [3.8, 4) is 17.0 Å². The fraction of sp³-hybridized carbons (Fsp3) is 0.278. The highest BCUT2D eigenvalue weighted by molar-refractivity contribution is 9.10. The van der Waals surface area contributed by atoms with E-state index in [0.29, 0.717) is 0 Å². The zero-order chi connectivity index (χ0) is 16.1. The Hall–Kier alpha value is -1.43. The van der Waals surface area contributed by atoms with Crippen LogP contribution in [0.1, 0.15) is 13.3 Å². The molecular formula is C18H19BrN2OS. The minimum atomic E-state index is 0.733.